The highest BCUT2D eigenvalue weighted by atomic mass is 16.5. The molecule has 7 heteroatoms. The monoisotopic (exact) mass is 298 g/mol. The first kappa shape index (κ1) is 15.6. The molecular weight excluding hydrogens is 276 g/mol. The predicted molar refractivity (Wildman–Crippen MR) is 73.7 cm³/mol. The van der Waals surface area contributed by atoms with E-state index in [2.05, 4.69) is 5.32 Å². The average Bonchev–Trinajstić information content (AvgIpc) is 3.07. The molecule has 1 aliphatic heterocycles. The van der Waals surface area contributed by atoms with E-state index in [1.54, 1.807) is 6.92 Å². The van der Waals surface area contributed by atoms with Gasteiger partial charge in [0.2, 0.25) is 0 Å². The zero-order valence-electron chi connectivity index (χ0n) is 12.2. The number of urea groups is 1. The number of hydrogen-bond donors (Lipinski definition) is 2. The smallest absolute Gasteiger partial charge is 0.328 e. The minimum absolute atomic E-state index is 0.286. The molecule has 1 heterocycles. The first-order chi connectivity index (χ1) is 10.0. The number of nitrogens with one attached hydrogen (secondary N) is 1. The number of carboxylic acid groups (broad SMARTS) is 1. The fraction of sp³-hybridized carbons (Fsp3) is 0.786. The minimum Gasteiger partial charge on any atom is -0.481 e. The summed E-state index contributed by atoms with van der Waals surface area (Å²) < 4.78 is 4.98. The normalized spacial score (nSPS) is 28.4. The maximum atomic E-state index is 12.3. The van der Waals surface area contributed by atoms with Gasteiger partial charge in [-0.3, -0.25) is 4.79 Å². The Labute approximate surface area is 123 Å². The Kier molecular flexibility index (Phi) is 5.03. The van der Waals surface area contributed by atoms with Crippen LogP contribution >= 0.6 is 0 Å². The van der Waals surface area contributed by atoms with Crippen LogP contribution in [-0.4, -0.2) is 53.2 Å². The number of carboxylic acids is 1. The molecule has 0 aromatic rings. The summed E-state index contributed by atoms with van der Waals surface area (Å²) in [6, 6.07) is -1.25. The first-order valence-corrected chi connectivity index (χ1v) is 7.51. The maximum Gasteiger partial charge on any atom is 0.328 e. The molecule has 0 spiro atoms. The van der Waals surface area contributed by atoms with E-state index in [4.69, 9.17) is 9.84 Å². The number of aliphatic carboxylic acids is 1. The van der Waals surface area contributed by atoms with Gasteiger partial charge in [-0.15, -0.1) is 0 Å². The molecule has 0 radical (unpaired) electrons. The van der Waals surface area contributed by atoms with Crippen molar-refractivity contribution in [3.05, 3.63) is 0 Å². The molecule has 2 fully saturated rings. The largest absolute Gasteiger partial charge is 0.481 e. The van der Waals surface area contributed by atoms with E-state index in [1.807, 2.05) is 0 Å². The predicted octanol–water partition coefficient (Wildman–Crippen LogP) is 0.977. The van der Waals surface area contributed by atoms with Crippen molar-refractivity contribution in [3.8, 4) is 0 Å². The van der Waals surface area contributed by atoms with Gasteiger partial charge < -0.3 is 20.1 Å². The summed E-state index contributed by atoms with van der Waals surface area (Å²) in [5.74, 6) is -1.79. The van der Waals surface area contributed by atoms with Crippen LogP contribution in [0.25, 0.3) is 0 Å². The Hall–Kier alpha value is -1.79. The summed E-state index contributed by atoms with van der Waals surface area (Å²) in [5.41, 5.74) is 0. The highest BCUT2D eigenvalue weighted by molar-refractivity contribution is 5.85. The van der Waals surface area contributed by atoms with Gasteiger partial charge in [0.1, 0.15) is 6.04 Å². The Balaban J connectivity index is 1.96. The number of esters is 1. The molecule has 2 rings (SSSR count). The Morgan fingerprint density at radius 3 is 2.67 bits per heavy atom. The van der Waals surface area contributed by atoms with Gasteiger partial charge >= 0.3 is 18.0 Å². The van der Waals surface area contributed by atoms with Crippen molar-refractivity contribution >= 4 is 18.0 Å². The Bertz CT molecular complexity index is 426. The van der Waals surface area contributed by atoms with Gasteiger partial charge in [0.05, 0.1) is 12.5 Å². The Morgan fingerprint density at radius 2 is 2.00 bits per heavy atom. The first-order valence-electron chi connectivity index (χ1n) is 7.51. The van der Waals surface area contributed by atoms with Crippen molar-refractivity contribution in [2.75, 3.05) is 13.2 Å². The number of hydrogen-bond acceptors (Lipinski definition) is 4. The third kappa shape index (κ3) is 3.46. The highest BCUT2D eigenvalue weighted by Gasteiger charge is 2.39. The number of carbonyl (C=O) groups is 3. The fourth-order valence-electron chi connectivity index (χ4n) is 3.16. The van der Waals surface area contributed by atoms with Crippen molar-refractivity contribution in [2.45, 2.75) is 51.1 Å². The lowest BCUT2D eigenvalue weighted by Crippen LogP contribution is -2.51. The second-order valence-corrected chi connectivity index (χ2v) is 5.54. The number of amides is 2. The number of carbonyl (C=O) groups excluding carboxylic acids is 2. The summed E-state index contributed by atoms with van der Waals surface area (Å²) in [4.78, 5) is 36.7. The van der Waals surface area contributed by atoms with Crippen LogP contribution in [0.4, 0.5) is 4.79 Å². The molecular formula is C14H22N2O5. The van der Waals surface area contributed by atoms with Crippen LogP contribution in [0.15, 0.2) is 0 Å². The van der Waals surface area contributed by atoms with Gasteiger partial charge in [0.15, 0.2) is 0 Å². The van der Waals surface area contributed by atoms with Crippen molar-refractivity contribution in [1.29, 1.82) is 0 Å². The van der Waals surface area contributed by atoms with Crippen LogP contribution in [0, 0.1) is 5.92 Å². The zero-order valence-corrected chi connectivity index (χ0v) is 12.2. The van der Waals surface area contributed by atoms with Crippen molar-refractivity contribution in [1.82, 2.24) is 10.2 Å². The minimum atomic E-state index is -0.874. The van der Waals surface area contributed by atoms with Gasteiger partial charge in [-0.25, -0.2) is 9.59 Å². The van der Waals surface area contributed by atoms with E-state index < -0.39 is 17.9 Å². The molecule has 118 valence electrons. The summed E-state index contributed by atoms with van der Waals surface area (Å²) in [7, 11) is 0. The second-order valence-electron chi connectivity index (χ2n) is 5.54. The average molecular weight is 298 g/mol. The topological polar surface area (TPSA) is 95.9 Å². The van der Waals surface area contributed by atoms with Gasteiger partial charge in [-0.2, -0.15) is 0 Å². The molecule has 1 saturated carbocycles. The molecule has 0 aromatic heterocycles. The summed E-state index contributed by atoms with van der Waals surface area (Å²) in [6.45, 7) is 2.52. The third-order valence-corrected chi connectivity index (χ3v) is 4.21. The fourth-order valence-corrected chi connectivity index (χ4v) is 3.16. The van der Waals surface area contributed by atoms with E-state index in [-0.39, 0.29) is 24.6 Å². The van der Waals surface area contributed by atoms with Crippen LogP contribution in [0.1, 0.15) is 39.0 Å². The number of likely N-dealkylation sites (tertiary alicyclic amines) is 1. The van der Waals surface area contributed by atoms with E-state index in [1.165, 1.54) is 4.90 Å². The van der Waals surface area contributed by atoms with E-state index in [9.17, 15) is 14.4 Å². The molecule has 2 N–H and O–H groups in total. The van der Waals surface area contributed by atoms with Crippen LogP contribution in [-0.2, 0) is 14.3 Å². The number of rotatable bonds is 4. The standard InChI is InChI=1S/C14H22N2O5/c1-2-21-13(19)11-7-4-8-16(11)14(20)15-10-6-3-5-9(10)12(17)18/h9-11H,2-8H2,1H3,(H,15,20)(H,17,18). The van der Waals surface area contributed by atoms with Crippen molar-refractivity contribution < 1.29 is 24.2 Å². The molecule has 21 heavy (non-hydrogen) atoms. The lowest BCUT2D eigenvalue weighted by Gasteiger charge is -2.26. The molecule has 3 unspecified atom stereocenters. The van der Waals surface area contributed by atoms with E-state index in [0.29, 0.717) is 25.8 Å². The number of nitrogens with zero attached hydrogens (tertiary/aromatic N) is 1. The number of ether oxygens (including phenoxy) is 1. The molecule has 1 aliphatic carbocycles. The third-order valence-electron chi connectivity index (χ3n) is 4.21. The summed E-state index contributed by atoms with van der Waals surface area (Å²) in [5, 5.41) is 11.9. The lowest BCUT2D eigenvalue weighted by atomic mass is 10.0. The zero-order chi connectivity index (χ0) is 15.4. The van der Waals surface area contributed by atoms with Gasteiger partial charge in [0, 0.05) is 12.6 Å². The molecule has 0 bridgehead atoms. The van der Waals surface area contributed by atoms with Gasteiger partial charge in [-0.05, 0) is 32.6 Å². The van der Waals surface area contributed by atoms with E-state index in [0.717, 1.165) is 12.8 Å². The maximum absolute atomic E-state index is 12.3. The molecule has 0 aromatic carbocycles. The van der Waals surface area contributed by atoms with Gasteiger partial charge in [0.25, 0.3) is 0 Å². The second kappa shape index (κ2) is 6.78. The van der Waals surface area contributed by atoms with Crippen LogP contribution in [0.2, 0.25) is 0 Å². The Morgan fingerprint density at radius 1 is 1.24 bits per heavy atom. The van der Waals surface area contributed by atoms with Crippen LogP contribution in [0.3, 0.4) is 0 Å². The SMILES string of the molecule is CCOC(=O)C1CCCN1C(=O)NC1CCCC1C(=O)O. The van der Waals surface area contributed by atoms with Crippen molar-refractivity contribution in [2.24, 2.45) is 5.92 Å². The molecule has 2 aliphatic rings. The summed E-state index contributed by atoms with van der Waals surface area (Å²) in [6.07, 6.45) is 3.40. The summed E-state index contributed by atoms with van der Waals surface area (Å²) >= 11 is 0. The van der Waals surface area contributed by atoms with Crippen LogP contribution < -0.4 is 5.32 Å². The molecule has 7 nitrogen and oxygen atoms in total. The highest BCUT2D eigenvalue weighted by Crippen LogP contribution is 2.27. The lowest BCUT2D eigenvalue weighted by molar-refractivity contribution is -0.147. The molecule has 3 atom stereocenters. The molecule has 2 amide bonds. The van der Waals surface area contributed by atoms with Gasteiger partial charge in [-0.1, -0.05) is 6.42 Å². The van der Waals surface area contributed by atoms with E-state index >= 15 is 0 Å². The van der Waals surface area contributed by atoms with Crippen LogP contribution in [0.5, 0.6) is 0 Å². The van der Waals surface area contributed by atoms with Crippen molar-refractivity contribution in [3.63, 3.8) is 0 Å². The molecule has 1 saturated heterocycles. The quantitative estimate of drug-likeness (QED) is 0.754.